The van der Waals surface area contributed by atoms with E-state index in [-0.39, 0.29) is 34.7 Å². The summed E-state index contributed by atoms with van der Waals surface area (Å²) in [7, 11) is 1.97. The van der Waals surface area contributed by atoms with Gasteiger partial charge in [0.2, 0.25) is 5.78 Å². The van der Waals surface area contributed by atoms with Crippen molar-refractivity contribution in [3.63, 3.8) is 0 Å². The Morgan fingerprint density at radius 2 is 1.89 bits per heavy atom. The number of phenolic OH excluding ortho intramolecular Hbond substituents is 1. The van der Waals surface area contributed by atoms with E-state index < -0.39 is 0 Å². The number of phenols is 1. The average Bonchev–Trinajstić information content (AvgIpc) is 3.41. The fraction of sp³-hybridized carbons (Fsp3) is 0.250. The number of ether oxygens (including phenoxy) is 2. The summed E-state index contributed by atoms with van der Waals surface area (Å²) < 4.78 is 11.2. The maximum atomic E-state index is 13.0. The van der Waals surface area contributed by atoms with E-state index in [0.29, 0.717) is 44.2 Å². The third-order valence-electron chi connectivity index (χ3n) is 6.94. The fourth-order valence-corrected chi connectivity index (χ4v) is 5.15. The van der Waals surface area contributed by atoms with Gasteiger partial charge in [0, 0.05) is 49.9 Å². The van der Waals surface area contributed by atoms with E-state index in [2.05, 4.69) is 9.88 Å². The molecule has 2 aromatic carbocycles. The zero-order valence-electron chi connectivity index (χ0n) is 19.8. The number of fused-ring (bicyclic) bond motifs is 2. The van der Waals surface area contributed by atoms with Crippen molar-refractivity contribution in [2.75, 3.05) is 44.8 Å². The maximum absolute atomic E-state index is 13.0. The third kappa shape index (κ3) is 3.70. The summed E-state index contributed by atoms with van der Waals surface area (Å²) in [5, 5.41) is 10.1. The maximum Gasteiger partial charge on any atom is 0.254 e. The van der Waals surface area contributed by atoms with Gasteiger partial charge in [-0.05, 0) is 47.5 Å². The minimum atomic E-state index is -0.323. The summed E-state index contributed by atoms with van der Waals surface area (Å²) >= 11 is 0. The van der Waals surface area contributed by atoms with Crippen molar-refractivity contribution in [1.82, 2.24) is 9.88 Å². The van der Waals surface area contributed by atoms with E-state index in [1.165, 1.54) is 6.07 Å². The molecule has 0 bridgehead atoms. The Labute approximate surface area is 208 Å². The predicted octanol–water partition coefficient (Wildman–Crippen LogP) is 3.62. The number of carbonyl (C=O) groups is 2. The van der Waals surface area contributed by atoms with Gasteiger partial charge in [0.15, 0.2) is 5.76 Å². The van der Waals surface area contributed by atoms with Crippen LogP contribution in [0.2, 0.25) is 0 Å². The van der Waals surface area contributed by atoms with Crippen molar-refractivity contribution in [3.8, 4) is 22.6 Å². The van der Waals surface area contributed by atoms with Crippen LogP contribution in [0.3, 0.4) is 0 Å². The molecule has 36 heavy (non-hydrogen) atoms. The van der Waals surface area contributed by atoms with E-state index in [9.17, 15) is 14.7 Å². The van der Waals surface area contributed by atoms with Gasteiger partial charge in [-0.25, -0.2) is 4.98 Å². The van der Waals surface area contributed by atoms with Crippen molar-refractivity contribution >= 4 is 17.5 Å². The molecule has 6 rings (SSSR count). The zero-order valence-corrected chi connectivity index (χ0v) is 19.8. The lowest BCUT2D eigenvalue weighted by atomic mass is 9.92. The average molecular weight is 484 g/mol. The monoisotopic (exact) mass is 483 g/mol. The molecule has 1 unspecified atom stereocenters. The zero-order chi connectivity index (χ0) is 24.8. The highest BCUT2D eigenvalue weighted by Gasteiger charge is 2.35. The highest BCUT2D eigenvalue weighted by atomic mass is 16.5. The Hall–Kier alpha value is -4.17. The summed E-state index contributed by atoms with van der Waals surface area (Å²) in [6, 6.07) is 14.4. The van der Waals surface area contributed by atoms with Crippen molar-refractivity contribution in [3.05, 3.63) is 83.3 Å². The van der Waals surface area contributed by atoms with Gasteiger partial charge in [-0.3, -0.25) is 9.59 Å². The van der Waals surface area contributed by atoms with Gasteiger partial charge < -0.3 is 24.4 Å². The summed E-state index contributed by atoms with van der Waals surface area (Å²) in [5.74, 6) is 0.873. The van der Waals surface area contributed by atoms with E-state index in [1.54, 1.807) is 18.3 Å². The van der Waals surface area contributed by atoms with Crippen molar-refractivity contribution in [2.45, 2.75) is 5.92 Å². The molecule has 1 amide bonds. The van der Waals surface area contributed by atoms with Crippen LogP contribution in [0.25, 0.3) is 11.1 Å². The van der Waals surface area contributed by atoms with E-state index in [4.69, 9.17) is 9.47 Å². The van der Waals surface area contributed by atoms with Crippen LogP contribution in [-0.4, -0.2) is 66.6 Å². The van der Waals surface area contributed by atoms with Crippen LogP contribution in [-0.2, 0) is 4.74 Å². The number of pyridine rings is 1. The molecular weight excluding hydrogens is 458 g/mol. The Balaban J connectivity index is 1.32. The van der Waals surface area contributed by atoms with Crippen molar-refractivity contribution in [2.24, 2.45) is 0 Å². The number of nitrogens with zero attached hydrogens (tertiary/aromatic N) is 3. The largest absolute Gasteiger partial charge is 0.507 e. The van der Waals surface area contributed by atoms with Gasteiger partial charge in [0.1, 0.15) is 22.9 Å². The molecule has 0 saturated carbocycles. The lowest BCUT2D eigenvalue weighted by Crippen LogP contribution is -2.40. The number of anilines is 1. The van der Waals surface area contributed by atoms with Crippen LogP contribution < -0.4 is 9.64 Å². The minimum absolute atomic E-state index is 0.00636. The molecule has 1 saturated heterocycles. The second-order valence-electron chi connectivity index (χ2n) is 9.18. The number of morpholine rings is 1. The molecule has 1 fully saturated rings. The number of hydrogen-bond donors (Lipinski definition) is 1. The second-order valence-corrected chi connectivity index (χ2v) is 9.18. The van der Waals surface area contributed by atoms with E-state index >= 15 is 0 Å². The molecule has 8 heteroatoms. The minimum Gasteiger partial charge on any atom is -0.507 e. The number of likely N-dealkylation sites (N-methyl/N-ethyl adjacent to an activating group) is 1. The molecule has 0 radical (unpaired) electrons. The molecule has 0 spiro atoms. The first-order valence-electron chi connectivity index (χ1n) is 11.9. The van der Waals surface area contributed by atoms with Crippen LogP contribution in [0.15, 0.2) is 66.6 Å². The quantitative estimate of drug-likeness (QED) is 0.569. The van der Waals surface area contributed by atoms with Gasteiger partial charge in [0.25, 0.3) is 5.91 Å². The summed E-state index contributed by atoms with van der Waals surface area (Å²) in [6.07, 6.45) is 3.60. The Kier molecular flexibility index (Phi) is 5.45. The number of amides is 1. The molecule has 8 nitrogen and oxygen atoms in total. The smallest absolute Gasteiger partial charge is 0.254 e. The van der Waals surface area contributed by atoms with Gasteiger partial charge in [-0.1, -0.05) is 18.2 Å². The van der Waals surface area contributed by atoms with Gasteiger partial charge in [-0.15, -0.1) is 0 Å². The van der Waals surface area contributed by atoms with Crippen LogP contribution >= 0.6 is 0 Å². The number of hydrogen-bond acceptors (Lipinski definition) is 7. The number of benzene rings is 2. The molecule has 1 atom stereocenters. The standard InChI is InChI=1S/C28H25N3O5/c1-30-16-19(15-23-26(33)25-21(32)3-2-4-22(25)36-23)24-20(9-10-29-27(24)30)17-5-7-18(8-6-17)28(34)31-11-13-35-14-12-31/h2-10,15,19,32H,11-14,16H2,1H3/b23-15-. The number of allylic oxidation sites excluding steroid dienone is 1. The third-order valence-corrected chi connectivity index (χ3v) is 6.94. The van der Waals surface area contributed by atoms with Crippen LogP contribution in [0.1, 0.15) is 32.2 Å². The molecule has 3 aromatic rings. The van der Waals surface area contributed by atoms with E-state index in [0.717, 1.165) is 22.5 Å². The van der Waals surface area contributed by atoms with Gasteiger partial charge in [0.05, 0.1) is 13.2 Å². The molecular formula is C28H25N3O5. The summed E-state index contributed by atoms with van der Waals surface area (Å²) in [4.78, 5) is 34.3. The number of ketones is 1. The Morgan fingerprint density at radius 1 is 1.11 bits per heavy atom. The van der Waals surface area contributed by atoms with Gasteiger partial charge >= 0.3 is 0 Å². The Bertz CT molecular complexity index is 1390. The van der Waals surface area contributed by atoms with Crippen molar-refractivity contribution in [1.29, 1.82) is 0 Å². The highest BCUT2D eigenvalue weighted by molar-refractivity contribution is 6.14. The van der Waals surface area contributed by atoms with E-state index in [1.807, 2.05) is 48.4 Å². The van der Waals surface area contributed by atoms with Crippen LogP contribution in [0.5, 0.6) is 11.5 Å². The topological polar surface area (TPSA) is 92.2 Å². The molecule has 182 valence electrons. The number of Topliss-reactive ketones (excluding diaryl/α,β-unsaturated/α-hetero) is 1. The molecule has 4 heterocycles. The number of rotatable bonds is 3. The van der Waals surface area contributed by atoms with Crippen LogP contribution in [0.4, 0.5) is 5.82 Å². The molecule has 3 aliphatic rings. The fourth-order valence-electron chi connectivity index (χ4n) is 5.15. The predicted molar refractivity (Wildman–Crippen MR) is 134 cm³/mol. The number of aromatic nitrogens is 1. The lowest BCUT2D eigenvalue weighted by Gasteiger charge is -2.26. The molecule has 0 aliphatic carbocycles. The molecule has 3 aliphatic heterocycles. The first kappa shape index (κ1) is 22.3. The highest BCUT2D eigenvalue weighted by Crippen LogP contribution is 2.43. The first-order valence-corrected chi connectivity index (χ1v) is 11.9. The number of carbonyl (C=O) groups excluding carboxylic acids is 2. The van der Waals surface area contributed by atoms with Crippen molar-refractivity contribution < 1.29 is 24.2 Å². The molecule has 1 aromatic heterocycles. The summed E-state index contributed by atoms with van der Waals surface area (Å²) in [6.45, 7) is 2.96. The van der Waals surface area contributed by atoms with Gasteiger partial charge in [-0.2, -0.15) is 0 Å². The second kappa shape index (κ2) is 8.80. The molecule has 1 N–H and O–H groups in total. The number of aromatic hydroxyl groups is 1. The van der Waals surface area contributed by atoms with Crippen LogP contribution in [0, 0.1) is 0 Å². The Morgan fingerprint density at radius 3 is 2.64 bits per heavy atom. The lowest BCUT2D eigenvalue weighted by molar-refractivity contribution is 0.0303. The SMILES string of the molecule is CN1CC(/C=C2\Oc3cccc(O)c3C2=O)c2c(-c3ccc(C(=O)N4CCOCC4)cc3)ccnc21. The normalized spacial score (nSPS) is 19.9. The summed E-state index contributed by atoms with van der Waals surface area (Å²) in [5.41, 5.74) is 3.79. The first-order chi connectivity index (χ1) is 17.5.